The zero-order valence-electron chi connectivity index (χ0n) is 25.7. The second kappa shape index (κ2) is 14.7. The van der Waals surface area contributed by atoms with E-state index in [1.54, 1.807) is 0 Å². The molecule has 0 bridgehead atoms. The van der Waals surface area contributed by atoms with Gasteiger partial charge in [-0.25, -0.2) is 0 Å². The van der Waals surface area contributed by atoms with Crippen LogP contribution in [-0.4, -0.2) is 25.5 Å². The van der Waals surface area contributed by atoms with Crippen LogP contribution in [0.25, 0.3) is 21.5 Å². The minimum atomic E-state index is -0.541. The summed E-state index contributed by atoms with van der Waals surface area (Å²) in [7, 11) is -1.08. The predicted molar refractivity (Wildman–Crippen MR) is 200 cm³/mol. The van der Waals surface area contributed by atoms with Gasteiger partial charge in [-0.3, -0.25) is 0 Å². The first-order valence-electron chi connectivity index (χ1n) is 15.8. The van der Waals surface area contributed by atoms with E-state index in [9.17, 15) is 0 Å². The Labute approximate surface area is 274 Å². The van der Waals surface area contributed by atoms with Gasteiger partial charge in [0.1, 0.15) is 11.5 Å². The number of fused-ring (bicyclic) bond motifs is 2. The van der Waals surface area contributed by atoms with Crippen molar-refractivity contribution >= 4 is 58.6 Å². The predicted octanol–water partition coefficient (Wildman–Crippen LogP) is 9.02. The molecule has 46 heavy (non-hydrogen) atoms. The molecule has 0 aromatic heterocycles. The molecule has 7 rings (SSSR count). The number of hydrogen-bond donors (Lipinski definition) is 0. The minimum Gasteiger partial charge on any atom is -0.492 e. The number of ether oxygens (including phenoxy) is 2. The monoisotopic (exact) mass is 634 g/mol. The number of rotatable bonds is 12. The van der Waals surface area contributed by atoms with E-state index < -0.39 is 15.8 Å². The molecule has 0 N–H and O–H groups in total. The Hall–Kier alpha value is -4.48. The SMILES string of the molecule is c1ccc(P(CCOc2c3ccccc3c(OCCP(c3ccccc3)c3ccccc3)c3ccccc23)c2ccccc2)cc1. The third-order valence-corrected chi connectivity index (χ3v) is 13.2. The molecule has 0 saturated carbocycles. The summed E-state index contributed by atoms with van der Waals surface area (Å²) in [5, 5.41) is 9.85. The van der Waals surface area contributed by atoms with Crippen molar-refractivity contribution < 1.29 is 9.47 Å². The summed E-state index contributed by atoms with van der Waals surface area (Å²) in [5.41, 5.74) is 0. The Morgan fingerprint density at radius 1 is 0.304 bits per heavy atom. The summed E-state index contributed by atoms with van der Waals surface area (Å²) < 4.78 is 13.6. The van der Waals surface area contributed by atoms with Crippen LogP contribution in [0.3, 0.4) is 0 Å². The van der Waals surface area contributed by atoms with Crippen molar-refractivity contribution in [3.8, 4) is 11.5 Å². The highest BCUT2D eigenvalue weighted by Crippen LogP contribution is 2.44. The standard InChI is InChI=1S/C42H36O2P2/c1-5-17-33(18-6-1)45(34-19-7-2-8-20-34)31-29-43-41-37-25-13-15-27-39(37)42(40-28-16-14-26-38(40)41)44-30-32-46(35-21-9-3-10-22-35)36-23-11-4-12-24-36/h1-28H,29-32H2. The summed E-state index contributed by atoms with van der Waals surface area (Å²) >= 11 is 0. The van der Waals surface area contributed by atoms with Crippen LogP contribution in [0.5, 0.6) is 11.5 Å². The summed E-state index contributed by atoms with van der Waals surface area (Å²) in [6, 6.07) is 60.5. The lowest BCUT2D eigenvalue weighted by atomic mass is 10.0. The van der Waals surface area contributed by atoms with Gasteiger partial charge in [-0.05, 0) is 37.1 Å². The zero-order valence-corrected chi connectivity index (χ0v) is 27.5. The summed E-state index contributed by atoms with van der Waals surface area (Å²) in [4.78, 5) is 0. The van der Waals surface area contributed by atoms with E-state index in [0.29, 0.717) is 13.2 Å². The highest BCUT2D eigenvalue weighted by Gasteiger charge is 2.19. The maximum atomic E-state index is 6.78. The smallest absolute Gasteiger partial charge is 0.135 e. The van der Waals surface area contributed by atoms with Crippen LogP contribution in [-0.2, 0) is 0 Å². The zero-order chi connectivity index (χ0) is 31.0. The average Bonchev–Trinajstić information content (AvgIpc) is 3.14. The van der Waals surface area contributed by atoms with Crippen molar-refractivity contribution in [3.63, 3.8) is 0 Å². The third kappa shape index (κ3) is 6.70. The van der Waals surface area contributed by atoms with E-state index >= 15 is 0 Å². The van der Waals surface area contributed by atoms with Gasteiger partial charge in [0.05, 0.1) is 13.2 Å². The van der Waals surface area contributed by atoms with E-state index in [1.165, 1.54) is 21.2 Å². The lowest BCUT2D eigenvalue weighted by Gasteiger charge is -2.22. The molecule has 0 aliphatic carbocycles. The van der Waals surface area contributed by atoms with E-state index in [2.05, 4.69) is 170 Å². The molecule has 0 saturated heterocycles. The van der Waals surface area contributed by atoms with Crippen LogP contribution in [0.1, 0.15) is 0 Å². The molecule has 7 aromatic rings. The first kappa shape index (κ1) is 30.2. The molecule has 0 atom stereocenters. The largest absolute Gasteiger partial charge is 0.492 e. The first-order valence-corrected chi connectivity index (χ1v) is 18.9. The second-order valence-electron chi connectivity index (χ2n) is 11.1. The van der Waals surface area contributed by atoms with Gasteiger partial charge in [-0.2, -0.15) is 0 Å². The molecule has 0 amide bonds. The van der Waals surface area contributed by atoms with Crippen LogP contribution in [0.15, 0.2) is 170 Å². The Morgan fingerprint density at radius 2 is 0.543 bits per heavy atom. The molecular weight excluding hydrogens is 598 g/mol. The van der Waals surface area contributed by atoms with Gasteiger partial charge >= 0.3 is 0 Å². The Morgan fingerprint density at radius 3 is 0.804 bits per heavy atom. The fraction of sp³-hybridized carbons (Fsp3) is 0.0952. The van der Waals surface area contributed by atoms with Crippen LogP contribution in [0, 0.1) is 0 Å². The van der Waals surface area contributed by atoms with Crippen molar-refractivity contribution in [1.82, 2.24) is 0 Å². The Balaban J connectivity index is 1.17. The number of benzene rings is 7. The molecule has 7 aromatic carbocycles. The quantitative estimate of drug-likeness (QED) is 0.0987. The molecule has 0 spiro atoms. The van der Waals surface area contributed by atoms with Crippen molar-refractivity contribution in [1.29, 1.82) is 0 Å². The molecule has 2 nitrogen and oxygen atoms in total. The third-order valence-electron chi connectivity index (χ3n) is 8.23. The van der Waals surface area contributed by atoms with Crippen LogP contribution in [0.2, 0.25) is 0 Å². The minimum absolute atomic E-state index is 0.541. The average molecular weight is 635 g/mol. The van der Waals surface area contributed by atoms with E-state index in [0.717, 1.165) is 45.4 Å². The fourth-order valence-electron chi connectivity index (χ4n) is 6.08. The molecule has 0 heterocycles. The molecular formula is C42H36O2P2. The van der Waals surface area contributed by atoms with Crippen LogP contribution < -0.4 is 30.7 Å². The molecule has 0 aliphatic rings. The summed E-state index contributed by atoms with van der Waals surface area (Å²) in [5.74, 6) is 1.87. The fourth-order valence-corrected chi connectivity index (χ4v) is 10.4. The molecule has 0 aliphatic heterocycles. The summed E-state index contributed by atoms with van der Waals surface area (Å²) in [6.45, 7) is 1.25. The van der Waals surface area contributed by atoms with E-state index in [1.807, 2.05) is 0 Å². The maximum Gasteiger partial charge on any atom is 0.135 e. The van der Waals surface area contributed by atoms with Gasteiger partial charge in [0.15, 0.2) is 0 Å². The van der Waals surface area contributed by atoms with Gasteiger partial charge in [0, 0.05) is 33.9 Å². The molecule has 0 fully saturated rings. The van der Waals surface area contributed by atoms with Crippen molar-refractivity contribution in [3.05, 3.63) is 170 Å². The molecule has 0 radical (unpaired) electrons. The van der Waals surface area contributed by atoms with Gasteiger partial charge in [0.2, 0.25) is 0 Å². The molecule has 4 heteroatoms. The summed E-state index contributed by atoms with van der Waals surface area (Å²) in [6.07, 6.45) is 1.87. The van der Waals surface area contributed by atoms with Crippen LogP contribution >= 0.6 is 15.8 Å². The first-order chi connectivity index (χ1) is 22.9. The van der Waals surface area contributed by atoms with E-state index in [4.69, 9.17) is 9.47 Å². The lowest BCUT2D eigenvalue weighted by molar-refractivity contribution is 0.345. The van der Waals surface area contributed by atoms with Gasteiger partial charge < -0.3 is 9.47 Å². The second-order valence-corrected chi connectivity index (χ2v) is 15.8. The molecule has 226 valence electrons. The highest BCUT2D eigenvalue weighted by molar-refractivity contribution is 7.73. The Kier molecular flexibility index (Phi) is 9.67. The Bertz CT molecular complexity index is 1720. The van der Waals surface area contributed by atoms with E-state index in [-0.39, 0.29) is 0 Å². The van der Waals surface area contributed by atoms with Crippen molar-refractivity contribution in [2.24, 2.45) is 0 Å². The highest BCUT2D eigenvalue weighted by atomic mass is 31.1. The topological polar surface area (TPSA) is 18.5 Å². The van der Waals surface area contributed by atoms with Gasteiger partial charge in [-0.15, -0.1) is 0 Å². The van der Waals surface area contributed by atoms with Gasteiger partial charge in [-0.1, -0.05) is 170 Å². The van der Waals surface area contributed by atoms with Crippen LogP contribution in [0.4, 0.5) is 0 Å². The lowest BCUT2D eigenvalue weighted by Crippen LogP contribution is -2.17. The van der Waals surface area contributed by atoms with Crippen molar-refractivity contribution in [2.75, 3.05) is 25.5 Å². The molecule has 0 unspecified atom stereocenters. The normalized spacial score (nSPS) is 11.3. The van der Waals surface area contributed by atoms with Gasteiger partial charge in [0.25, 0.3) is 0 Å². The van der Waals surface area contributed by atoms with Crippen molar-refractivity contribution in [2.45, 2.75) is 0 Å². The number of hydrogen-bond acceptors (Lipinski definition) is 2. The maximum absolute atomic E-state index is 6.78.